The van der Waals surface area contributed by atoms with E-state index in [9.17, 15) is 0 Å². The highest BCUT2D eigenvalue weighted by atomic mass is 31.2. The van der Waals surface area contributed by atoms with Crippen molar-refractivity contribution in [1.29, 1.82) is 0 Å². The molecule has 0 aromatic heterocycles. The van der Waals surface area contributed by atoms with E-state index in [4.69, 9.17) is 0 Å². The standard InChI is InChI=1S/C35H29P/c1-36(2,3)29-23-21-28(22-24-29)35-32-15-9-7-13-30(32)34(31-14-8-10-16-33(31)35)27-19-17-26(18-20-27)25-11-5-4-6-12-25/h4-24H,1H2,2-3H3. The number of rotatable bonds is 4. The first-order valence-corrected chi connectivity index (χ1v) is 15.3. The van der Waals surface area contributed by atoms with Gasteiger partial charge in [-0.25, -0.2) is 0 Å². The van der Waals surface area contributed by atoms with Gasteiger partial charge in [-0.2, -0.15) is 0 Å². The third kappa shape index (κ3) is 3.98. The van der Waals surface area contributed by atoms with Gasteiger partial charge in [0.05, 0.1) is 0 Å². The maximum atomic E-state index is 4.42. The van der Waals surface area contributed by atoms with E-state index in [1.54, 1.807) is 0 Å². The molecule has 0 bridgehead atoms. The summed E-state index contributed by atoms with van der Waals surface area (Å²) in [6, 6.07) is 46.4. The molecule has 0 unspecified atom stereocenters. The molecule has 1 heteroatoms. The molecule has 0 aliphatic rings. The fourth-order valence-corrected chi connectivity index (χ4v) is 6.20. The largest absolute Gasteiger partial charge is 0.0971 e. The lowest BCUT2D eigenvalue weighted by atomic mass is 9.86. The van der Waals surface area contributed by atoms with Crippen molar-refractivity contribution >= 4 is 40.0 Å². The van der Waals surface area contributed by atoms with Crippen LogP contribution in [0.3, 0.4) is 0 Å². The Morgan fingerprint density at radius 1 is 0.389 bits per heavy atom. The van der Waals surface area contributed by atoms with Gasteiger partial charge in [-0.1, -0.05) is 141 Å². The monoisotopic (exact) mass is 480 g/mol. The molecule has 0 amide bonds. The first-order valence-electron chi connectivity index (χ1n) is 12.4. The summed E-state index contributed by atoms with van der Waals surface area (Å²) < 4.78 is 0. The van der Waals surface area contributed by atoms with Crippen LogP contribution in [0.15, 0.2) is 127 Å². The van der Waals surface area contributed by atoms with Crippen LogP contribution in [-0.2, 0) is 0 Å². The topological polar surface area (TPSA) is 0 Å². The Morgan fingerprint density at radius 2 is 0.722 bits per heavy atom. The van der Waals surface area contributed by atoms with Crippen molar-refractivity contribution in [2.45, 2.75) is 0 Å². The summed E-state index contributed by atoms with van der Waals surface area (Å²) in [6.07, 6.45) is 4.42. The molecule has 0 aliphatic carbocycles. The third-order valence-corrected chi connectivity index (χ3v) is 8.76. The first-order chi connectivity index (χ1) is 17.5. The third-order valence-electron chi connectivity index (χ3n) is 7.07. The second kappa shape index (κ2) is 8.98. The lowest BCUT2D eigenvalue weighted by Gasteiger charge is -2.19. The fourth-order valence-electron chi connectivity index (χ4n) is 5.24. The zero-order valence-corrected chi connectivity index (χ0v) is 21.7. The van der Waals surface area contributed by atoms with Crippen LogP contribution in [0.5, 0.6) is 0 Å². The minimum Gasteiger partial charge on any atom is -0.0971 e. The highest BCUT2D eigenvalue weighted by Crippen LogP contribution is 2.44. The van der Waals surface area contributed by atoms with E-state index in [2.05, 4.69) is 147 Å². The smallest absolute Gasteiger partial charge is 0.00264 e. The highest BCUT2D eigenvalue weighted by molar-refractivity contribution is 7.79. The van der Waals surface area contributed by atoms with Crippen molar-refractivity contribution in [2.24, 2.45) is 0 Å². The summed E-state index contributed by atoms with van der Waals surface area (Å²) in [5, 5.41) is 6.50. The Balaban J connectivity index is 1.60. The lowest BCUT2D eigenvalue weighted by molar-refractivity contribution is 1.61. The Bertz CT molecular complexity index is 1680. The molecule has 6 aromatic carbocycles. The molecule has 0 N–H and O–H groups in total. The van der Waals surface area contributed by atoms with Gasteiger partial charge in [0, 0.05) is 0 Å². The van der Waals surface area contributed by atoms with Gasteiger partial charge in [-0.15, -0.1) is 0 Å². The number of benzene rings is 6. The van der Waals surface area contributed by atoms with Crippen LogP contribution in [0, 0.1) is 0 Å². The summed E-state index contributed by atoms with van der Waals surface area (Å²) in [4.78, 5) is 0. The molecular weight excluding hydrogens is 451 g/mol. The molecule has 0 heterocycles. The second-order valence-electron chi connectivity index (χ2n) is 10.0. The Hall–Kier alpha value is -3.86. The predicted octanol–water partition coefficient (Wildman–Crippen LogP) is 9.33. The second-order valence-corrected chi connectivity index (χ2v) is 13.9. The van der Waals surface area contributed by atoms with Crippen molar-refractivity contribution in [3.05, 3.63) is 127 Å². The molecule has 0 saturated carbocycles. The van der Waals surface area contributed by atoms with Crippen molar-refractivity contribution in [3.8, 4) is 33.4 Å². The number of hydrogen-bond acceptors (Lipinski definition) is 0. The van der Waals surface area contributed by atoms with E-state index >= 15 is 0 Å². The summed E-state index contributed by atoms with van der Waals surface area (Å²) >= 11 is 0. The van der Waals surface area contributed by atoms with E-state index in [-0.39, 0.29) is 0 Å². The van der Waals surface area contributed by atoms with Crippen LogP contribution in [0.2, 0.25) is 0 Å². The van der Waals surface area contributed by atoms with Crippen molar-refractivity contribution in [1.82, 2.24) is 0 Å². The van der Waals surface area contributed by atoms with E-state index in [0.717, 1.165) is 0 Å². The van der Waals surface area contributed by atoms with Crippen LogP contribution in [0.1, 0.15) is 0 Å². The van der Waals surface area contributed by atoms with E-state index in [1.165, 1.54) is 60.2 Å². The van der Waals surface area contributed by atoms with Crippen molar-refractivity contribution in [3.63, 3.8) is 0 Å². The molecule has 0 radical (unpaired) electrons. The maximum Gasteiger partial charge on any atom is -0.00264 e. The average Bonchev–Trinajstić information content (AvgIpc) is 2.92. The molecule has 0 fully saturated rings. The number of hydrogen-bond donors (Lipinski definition) is 0. The van der Waals surface area contributed by atoms with Gasteiger partial charge in [0.15, 0.2) is 0 Å². The number of fused-ring (bicyclic) bond motifs is 2. The van der Waals surface area contributed by atoms with Crippen LogP contribution >= 0.6 is 6.89 Å². The minimum atomic E-state index is -1.30. The fraction of sp³-hybridized carbons (Fsp3) is 0.0571. The van der Waals surface area contributed by atoms with Gasteiger partial charge in [0.25, 0.3) is 0 Å². The molecule has 0 spiro atoms. The molecule has 6 aromatic rings. The highest BCUT2D eigenvalue weighted by Gasteiger charge is 2.16. The normalized spacial score (nSPS) is 11.7. The molecule has 36 heavy (non-hydrogen) atoms. The minimum absolute atomic E-state index is 1.24. The van der Waals surface area contributed by atoms with Crippen LogP contribution < -0.4 is 5.30 Å². The van der Waals surface area contributed by atoms with Crippen molar-refractivity contribution in [2.75, 3.05) is 13.3 Å². The zero-order chi connectivity index (χ0) is 24.7. The predicted molar refractivity (Wildman–Crippen MR) is 163 cm³/mol. The lowest BCUT2D eigenvalue weighted by Crippen LogP contribution is -2.02. The maximum absolute atomic E-state index is 4.42. The summed E-state index contributed by atoms with van der Waals surface area (Å²) in [5.74, 6) is 0. The van der Waals surface area contributed by atoms with Crippen LogP contribution in [-0.4, -0.2) is 19.6 Å². The van der Waals surface area contributed by atoms with Gasteiger partial charge in [0.2, 0.25) is 0 Å². The van der Waals surface area contributed by atoms with Gasteiger partial charge >= 0.3 is 0 Å². The van der Waals surface area contributed by atoms with Gasteiger partial charge in [-0.3, -0.25) is 0 Å². The molecular formula is C35H29P. The first kappa shape index (κ1) is 22.6. The Labute approximate surface area is 213 Å². The average molecular weight is 481 g/mol. The van der Waals surface area contributed by atoms with Gasteiger partial charge < -0.3 is 0 Å². The summed E-state index contributed by atoms with van der Waals surface area (Å²) in [7, 11) is 0. The van der Waals surface area contributed by atoms with Crippen LogP contribution in [0.25, 0.3) is 54.9 Å². The quantitative estimate of drug-likeness (QED) is 0.174. The molecule has 0 saturated heterocycles. The summed E-state index contributed by atoms with van der Waals surface area (Å²) in [5.41, 5.74) is 7.58. The molecule has 0 aliphatic heterocycles. The van der Waals surface area contributed by atoms with Crippen LogP contribution in [0.4, 0.5) is 0 Å². The summed E-state index contributed by atoms with van der Waals surface area (Å²) in [6.45, 7) is 3.24. The van der Waals surface area contributed by atoms with Crippen molar-refractivity contribution < 1.29 is 0 Å². The molecule has 6 rings (SSSR count). The molecule has 0 nitrogen and oxygen atoms in total. The van der Waals surface area contributed by atoms with E-state index < -0.39 is 6.89 Å². The zero-order valence-electron chi connectivity index (χ0n) is 20.8. The van der Waals surface area contributed by atoms with E-state index in [1.807, 2.05) is 0 Å². The molecule has 174 valence electrons. The van der Waals surface area contributed by atoms with Gasteiger partial charge in [-0.05, 0) is 73.6 Å². The molecule has 0 atom stereocenters. The van der Waals surface area contributed by atoms with E-state index in [0.29, 0.717) is 0 Å². The Morgan fingerprint density at radius 3 is 1.14 bits per heavy atom. The van der Waals surface area contributed by atoms with Gasteiger partial charge in [0.1, 0.15) is 0 Å². The Kier molecular flexibility index (Phi) is 5.63. The SMILES string of the molecule is C=P(C)(C)c1ccc(-c2c3ccccc3c(-c3ccc(-c4ccccc4)cc3)c3ccccc23)cc1.